The number of hydrazone groups is 1. The first kappa shape index (κ1) is 5.08. The summed E-state index contributed by atoms with van der Waals surface area (Å²) in [6.45, 7) is 2.09. The Bertz CT molecular complexity index is 141. The first-order valence-corrected chi connectivity index (χ1v) is 2.25. The summed E-state index contributed by atoms with van der Waals surface area (Å²) in [6.07, 6.45) is -0.476. The van der Waals surface area contributed by atoms with Crippen LogP contribution in [0.4, 0.5) is 4.79 Å². The van der Waals surface area contributed by atoms with Crippen molar-refractivity contribution in [2.45, 2.75) is 6.92 Å². The van der Waals surface area contributed by atoms with Gasteiger partial charge >= 0.3 is 6.09 Å². The van der Waals surface area contributed by atoms with Gasteiger partial charge < -0.3 is 4.74 Å². The van der Waals surface area contributed by atoms with E-state index >= 15 is 0 Å². The number of ether oxygens (including phenoxy) is 1. The highest BCUT2D eigenvalue weighted by Gasteiger charge is 2.06. The molecule has 1 aliphatic rings. The number of nitrogens with zero attached hydrogens (tertiary/aromatic N) is 1. The molecule has 0 aromatic carbocycles. The normalized spacial score (nSPS) is 18.6. The number of amides is 1. The molecule has 0 aliphatic carbocycles. The maximum absolute atomic E-state index is 10.2. The number of carbonyl (C=O) groups excluding carboxylic acids is 1. The molecule has 1 N–H and O–H groups in total. The lowest BCUT2D eigenvalue weighted by Crippen LogP contribution is -2.28. The van der Waals surface area contributed by atoms with Crippen molar-refractivity contribution in [3.05, 3.63) is 0 Å². The van der Waals surface area contributed by atoms with Crippen LogP contribution in [0, 0.1) is 0 Å². The van der Waals surface area contributed by atoms with Crippen molar-refractivity contribution < 1.29 is 9.53 Å². The Morgan fingerprint density at radius 2 is 2.62 bits per heavy atom. The second-order valence-electron chi connectivity index (χ2n) is 1.54. The van der Waals surface area contributed by atoms with Crippen LogP contribution in [0.2, 0.25) is 0 Å². The molecule has 0 saturated heterocycles. The Labute approximate surface area is 46.5 Å². The molecule has 44 valence electrons. The van der Waals surface area contributed by atoms with E-state index in [4.69, 9.17) is 0 Å². The number of hydrogen-bond acceptors (Lipinski definition) is 3. The Morgan fingerprint density at radius 3 is 3.00 bits per heavy atom. The van der Waals surface area contributed by atoms with Crippen molar-refractivity contribution in [2.24, 2.45) is 5.10 Å². The Kier molecular flexibility index (Phi) is 1.15. The van der Waals surface area contributed by atoms with Gasteiger partial charge in [-0.3, -0.25) is 0 Å². The van der Waals surface area contributed by atoms with E-state index in [-0.39, 0.29) is 0 Å². The average molecular weight is 114 g/mol. The molecule has 0 aromatic heterocycles. The van der Waals surface area contributed by atoms with E-state index in [1.165, 1.54) is 0 Å². The van der Waals surface area contributed by atoms with Gasteiger partial charge in [0.1, 0.15) is 6.61 Å². The molecule has 0 unspecified atom stereocenters. The first-order valence-electron chi connectivity index (χ1n) is 2.25. The van der Waals surface area contributed by atoms with Gasteiger partial charge in [-0.05, 0) is 6.92 Å². The second kappa shape index (κ2) is 1.81. The average Bonchev–Trinajstić information content (AvgIpc) is 1.77. The predicted molar refractivity (Wildman–Crippen MR) is 27.6 cm³/mol. The molecule has 0 atom stereocenters. The van der Waals surface area contributed by atoms with E-state index in [0.29, 0.717) is 6.61 Å². The third-order valence-corrected chi connectivity index (χ3v) is 0.750. The van der Waals surface area contributed by atoms with Crippen molar-refractivity contribution in [1.29, 1.82) is 0 Å². The number of cyclic esters (lactones) is 1. The van der Waals surface area contributed by atoms with Crippen LogP contribution in [-0.2, 0) is 4.74 Å². The summed E-state index contributed by atoms with van der Waals surface area (Å²) in [4.78, 5) is 10.2. The van der Waals surface area contributed by atoms with Crippen molar-refractivity contribution in [3.8, 4) is 0 Å². The largest absolute Gasteiger partial charge is 0.442 e. The third kappa shape index (κ3) is 0.959. The summed E-state index contributed by atoms with van der Waals surface area (Å²) in [7, 11) is 0. The van der Waals surface area contributed by atoms with Crippen molar-refractivity contribution in [3.63, 3.8) is 0 Å². The molecule has 0 radical (unpaired) electrons. The molecule has 1 rings (SSSR count). The SMILES string of the molecule is CC1=NNC(=O)OC1. The highest BCUT2D eigenvalue weighted by molar-refractivity contribution is 5.88. The van der Waals surface area contributed by atoms with Crippen molar-refractivity contribution in [1.82, 2.24) is 5.43 Å². The van der Waals surface area contributed by atoms with Gasteiger partial charge in [0.2, 0.25) is 0 Å². The zero-order valence-electron chi connectivity index (χ0n) is 4.47. The van der Waals surface area contributed by atoms with Crippen molar-refractivity contribution in [2.75, 3.05) is 6.61 Å². The van der Waals surface area contributed by atoms with Crippen LogP contribution in [-0.4, -0.2) is 18.4 Å². The fourth-order valence-corrected chi connectivity index (χ4v) is 0.376. The summed E-state index contributed by atoms with van der Waals surface area (Å²) in [5.41, 5.74) is 2.94. The Hall–Kier alpha value is -1.06. The van der Waals surface area contributed by atoms with Crippen LogP contribution < -0.4 is 5.43 Å². The number of carbonyl (C=O) groups is 1. The van der Waals surface area contributed by atoms with Gasteiger partial charge in [-0.1, -0.05) is 0 Å². The lowest BCUT2D eigenvalue weighted by Gasteiger charge is -2.08. The summed E-state index contributed by atoms with van der Waals surface area (Å²) in [5.74, 6) is 0. The maximum Gasteiger partial charge on any atom is 0.428 e. The van der Waals surface area contributed by atoms with E-state index in [2.05, 4.69) is 15.3 Å². The minimum atomic E-state index is -0.476. The van der Waals surface area contributed by atoms with Gasteiger partial charge in [-0.25, -0.2) is 10.2 Å². The van der Waals surface area contributed by atoms with Gasteiger partial charge in [0.25, 0.3) is 0 Å². The topological polar surface area (TPSA) is 50.7 Å². The van der Waals surface area contributed by atoms with Crippen LogP contribution in [0.25, 0.3) is 0 Å². The molecule has 0 fully saturated rings. The molecule has 0 bridgehead atoms. The molecular formula is C4H6N2O2. The molecule has 4 heteroatoms. The summed E-state index contributed by atoms with van der Waals surface area (Å²) in [6, 6.07) is 0. The molecule has 1 amide bonds. The van der Waals surface area contributed by atoms with Gasteiger partial charge in [-0.2, -0.15) is 5.10 Å². The lowest BCUT2D eigenvalue weighted by atomic mass is 10.5. The fourth-order valence-electron chi connectivity index (χ4n) is 0.376. The number of hydrogen-bond donors (Lipinski definition) is 1. The predicted octanol–water partition coefficient (Wildman–Crippen LogP) is 0.102. The van der Waals surface area contributed by atoms with Crippen LogP contribution >= 0.6 is 0 Å². The Morgan fingerprint density at radius 1 is 1.88 bits per heavy atom. The zero-order chi connectivity index (χ0) is 5.98. The van der Waals surface area contributed by atoms with E-state index in [1.54, 1.807) is 6.92 Å². The summed E-state index contributed by atoms with van der Waals surface area (Å²) < 4.78 is 4.51. The van der Waals surface area contributed by atoms with E-state index < -0.39 is 6.09 Å². The van der Waals surface area contributed by atoms with Crippen LogP contribution in [0.1, 0.15) is 6.92 Å². The quantitative estimate of drug-likeness (QED) is 0.485. The van der Waals surface area contributed by atoms with E-state index in [9.17, 15) is 4.79 Å². The third-order valence-electron chi connectivity index (χ3n) is 0.750. The van der Waals surface area contributed by atoms with E-state index in [0.717, 1.165) is 5.71 Å². The smallest absolute Gasteiger partial charge is 0.428 e. The second-order valence-corrected chi connectivity index (χ2v) is 1.54. The molecule has 0 spiro atoms. The lowest BCUT2D eigenvalue weighted by molar-refractivity contribution is 0.157. The van der Waals surface area contributed by atoms with Crippen LogP contribution in [0.5, 0.6) is 0 Å². The van der Waals surface area contributed by atoms with Gasteiger partial charge in [0.05, 0.1) is 5.71 Å². The maximum atomic E-state index is 10.2. The minimum absolute atomic E-state index is 0.311. The molecule has 1 heterocycles. The monoisotopic (exact) mass is 114 g/mol. The zero-order valence-corrected chi connectivity index (χ0v) is 4.47. The summed E-state index contributed by atoms with van der Waals surface area (Å²) >= 11 is 0. The van der Waals surface area contributed by atoms with Gasteiger partial charge in [-0.15, -0.1) is 0 Å². The minimum Gasteiger partial charge on any atom is -0.442 e. The molecule has 0 saturated carbocycles. The van der Waals surface area contributed by atoms with Crippen LogP contribution in [0.15, 0.2) is 5.10 Å². The first-order chi connectivity index (χ1) is 3.79. The van der Waals surface area contributed by atoms with Crippen LogP contribution in [0.3, 0.4) is 0 Å². The highest BCUT2D eigenvalue weighted by Crippen LogP contribution is 1.87. The molecule has 8 heavy (non-hydrogen) atoms. The van der Waals surface area contributed by atoms with Gasteiger partial charge in [0.15, 0.2) is 0 Å². The number of rotatable bonds is 0. The fraction of sp³-hybridized carbons (Fsp3) is 0.500. The highest BCUT2D eigenvalue weighted by atomic mass is 16.6. The van der Waals surface area contributed by atoms with Crippen molar-refractivity contribution >= 4 is 11.8 Å². The molecule has 1 aliphatic heterocycles. The van der Waals surface area contributed by atoms with E-state index in [1.807, 2.05) is 0 Å². The summed E-state index contributed by atoms with van der Waals surface area (Å²) in [5, 5.41) is 3.60. The Balaban J connectivity index is 2.55. The molecular weight excluding hydrogens is 108 g/mol. The molecule has 0 aromatic rings. The standard InChI is InChI=1S/C4H6N2O2/c1-3-2-8-4(7)6-5-3/h2H2,1H3,(H,6,7). The molecule has 4 nitrogen and oxygen atoms in total. The van der Waals surface area contributed by atoms with Gasteiger partial charge in [0, 0.05) is 0 Å². The number of nitrogens with one attached hydrogen (secondary N) is 1.